The van der Waals surface area contributed by atoms with E-state index in [0.717, 1.165) is 19.8 Å². The number of piperidine rings is 1. The molecule has 62 valence electrons. The van der Waals surface area contributed by atoms with Gasteiger partial charge in [0.15, 0.2) is 0 Å². The SMILES string of the molecule is C1=NCNN1C1CCNCC1. The summed E-state index contributed by atoms with van der Waals surface area (Å²) >= 11 is 0. The van der Waals surface area contributed by atoms with E-state index in [2.05, 4.69) is 20.7 Å². The minimum atomic E-state index is 0.655. The van der Waals surface area contributed by atoms with Crippen molar-refractivity contribution in [2.24, 2.45) is 4.99 Å². The van der Waals surface area contributed by atoms with Crippen LogP contribution in [0.3, 0.4) is 0 Å². The van der Waals surface area contributed by atoms with Crippen LogP contribution in [0.25, 0.3) is 0 Å². The van der Waals surface area contributed by atoms with E-state index in [1.165, 1.54) is 12.8 Å². The summed E-state index contributed by atoms with van der Waals surface area (Å²) in [6.07, 6.45) is 4.36. The molecule has 0 radical (unpaired) electrons. The molecular formula is C7H14N4. The number of rotatable bonds is 1. The van der Waals surface area contributed by atoms with E-state index in [-0.39, 0.29) is 0 Å². The highest BCUT2D eigenvalue weighted by atomic mass is 15.6. The summed E-state index contributed by atoms with van der Waals surface area (Å²) in [5.41, 5.74) is 3.21. The zero-order valence-electron chi connectivity index (χ0n) is 6.58. The molecule has 4 nitrogen and oxygen atoms in total. The lowest BCUT2D eigenvalue weighted by atomic mass is 10.1. The Morgan fingerprint density at radius 2 is 2.18 bits per heavy atom. The standard InChI is InChI=1S/C7H14N4/c1-3-8-4-2-7(1)11-6-9-5-10-11/h6-8,10H,1-5H2. The zero-order valence-corrected chi connectivity index (χ0v) is 6.58. The zero-order chi connectivity index (χ0) is 7.52. The lowest BCUT2D eigenvalue weighted by Gasteiger charge is -2.30. The quantitative estimate of drug-likeness (QED) is 0.537. The van der Waals surface area contributed by atoms with Gasteiger partial charge in [0.05, 0.1) is 0 Å². The summed E-state index contributed by atoms with van der Waals surface area (Å²) in [6.45, 7) is 3.03. The van der Waals surface area contributed by atoms with Crippen molar-refractivity contribution in [3.63, 3.8) is 0 Å². The molecule has 0 atom stereocenters. The van der Waals surface area contributed by atoms with E-state index < -0.39 is 0 Å². The van der Waals surface area contributed by atoms with Crippen LogP contribution in [0.2, 0.25) is 0 Å². The molecule has 0 aliphatic carbocycles. The largest absolute Gasteiger partial charge is 0.317 e. The molecule has 2 aliphatic rings. The number of hydrogen-bond acceptors (Lipinski definition) is 4. The van der Waals surface area contributed by atoms with Gasteiger partial charge in [0, 0.05) is 6.04 Å². The van der Waals surface area contributed by atoms with Crippen molar-refractivity contribution in [3.8, 4) is 0 Å². The second kappa shape index (κ2) is 3.19. The van der Waals surface area contributed by atoms with Gasteiger partial charge in [0.2, 0.25) is 0 Å². The van der Waals surface area contributed by atoms with E-state index >= 15 is 0 Å². The Kier molecular flexibility index (Phi) is 2.05. The third-order valence-corrected chi connectivity index (χ3v) is 2.25. The molecule has 1 saturated heterocycles. The first kappa shape index (κ1) is 7.06. The predicted octanol–water partition coefficient (Wildman–Crippen LogP) is -0.456. The maximum absolute atomic E-state index is 4.11. The molecule has 0 amide bonds. The number of nitrogens with zero attached hydrogens (tertiary/aromatic N) is 2. The molecule has 0 unspecified atom stereocenters. The molecule has 2 N–H and O–H groups in total. The van der Waals surface area contributed by atoms with E-state index in [9.17, 15) is 0 Å². The molecule has 11 heavy (non-hydrogen) atoms. The van der Waals surface area contributed by atoms with Gasteiger partial charge < -0.3 is 5.32 Å². The topological polar surface area (TPSA) is 39.7 Å². The van der Waals surface area contributed by atoms with Crippen LogP contribution in [0.4, 0.5) is 0 Å². The molecule has 2 aliphatic heterocycles. The minimum Gasteiger partial charge on any atom is -0.317 e. The molecule has 4 heteroatoms. The van der Waals surface area contributed by atoms with Crippen LogP contribution in [0.15, 0.2) is 4.99 Å². The average Bonchev–Trinajstić information content (AvgIpc) is 2.58. The van der Waals surface area contributed by atoms with Crippen LogP contribution in [-0.2, 0) is 0 Å². The lowest BCUT2D eigenvalue weighted by Crippen LogP contribution is -2.46. The average molecular weight is 154 g/mol. The molecular weight excluding hydrogens is 140 g/mol. The first-order chi connectivity index (χ1) is 5.47. The smallest absolute Gasteiger partial charge is 0.107 e. The van der Waals surface area contributed by atoms with Gasteiger partial charge >= 0.3 is 0 Å². The van der Waals surface area contributed by atoms with E-state index in [4.69, 9.17) is 0 Å². The molecule has 0 saturated carbocycles. The van der Waals surface area contributed by atoms with Crippen molar-refractivity contribution < 1.29 is 0 Å². The molecule has 0 aromatic heterocycles. The summed E-state index contributed by atoms with van der Waals surface area (Å²) < 4.78 is 0. The Balaban J connectivity index is 1.87. The summed E-state index contributed by atoms with van der Waals surface area (Å²) in [7, 11) is 0. The highest BCUT2D eigenvalue weighted by molar-refractivity contribution is 5.56. The Morgan fingerprint density at radius 1 is 1.36 bits per heavy atom. The van der Waals surface area contributed by atoms with Crippen molar-refractivity contribution in [2.75, 3.05) is 19.8 Å². The molecule has 2 heterocycles. The Bertz CT molecular complexity index is 151. The molecule has 0 aromatic carbocycles. The van der Waals surface area contributed by atoms with E-state index in [1.54, 1.807) is 0 Å². The Labute approximate surface area is 66.6 Å². The first-order valence-corrected chi connectivity index (χ1v) is 4.19. The number of hydrogen-bond donors (Lipinski definition) is 2. The third kappa shape index (κ3) is 1.52. The minimum absolute atomic E-state index is 0.655. The summed E-state index contributed by atoms with van der Waals surface area (Å²) in [4.78, 5) is 4.11. The summed E-state index contributed by atoms with van der Waals surface area (Å²) in [6, 6.07) is 0.655. The van der Waals surface area contributed by atoms with Gasteiger partial charge in [-0.2, -0.15) is 0 Å². The predicted molar refractivity (Wildman–Crippen MR) is 44.2 cm³/mol. The van der Waals surface area contributed by atoms with Crippen molar-refractivity contribution in [3.05, 3.63) is 0 Å². The van der Waals surface area contributed by atoms with Gasteiger partial charge in [0.1, 0.15) is 13.0 Å². The van der Waals surface area contributed by atoms with Crippen LogP contribution < -0.4 is 10.7 Å². The van der Waals surface area contributed by atoms with E-state index in [0.29, 0.717) is 6.04 Å². The molecule has 0 spiro atoms. The first-order valence-electron chi connectivity index (χ1n) is 4.19. The fourth-order valence-electron chi connectivity index (χ4n) is 1.60. The monoisotopic (exact) mass is 154 g/mol. The van der Waals surface area contributed by atoms with Gasteiger partial charge in [-0.1, -0.05) is 0 Å². The van der Waals surface area contributed by atoms with Crippen molar-refractivity contribution >= 4 is 6.34 Å². The molecule has 1 fully saturated rings. The van der Waals surface area contributed by atoms with Crippen LogP contribution in [0.1, 0.15) is 12.8 Å². The van der Waals surface area contributed by atoms with Crippen LogP contribution in [0.5, 0.6) is 0 Å². The Hall–Kier alpha value is -0.610. The molecule has 0 bridgehead atoms. The van der Waals surface area contributed by atoms with Crippen LogP contribution in [0, 0.1) is 0 Å². The number of nitrogens with one attached hydrogen (secondary N) is 2. The second-order valence-electron chi connectivity index (χ2n) is 3.00. The summed E-state index contributed by atoms with van der Waals surface area (Å²) in [5, 5.41) is 5.48. The molecule has 2 rings (SSSR count). The maximum Gasteiger partial charge on any atom is 0.107 e. The number of hydrazine groups is 1. The van der Waals surface area contributed by atoms with Gasteiger partial charge in [-0.25, -0.2) is 5.43 Å². The maximum atomic E-state index is 4.11. The summed E-state index contributed by atoms with van der Waals surface area (Å²) in [5.74, 6) is 0. The number of aliphatic imine (C=N–C) groups is 1. The normalized spacial score (nSPS) is 26.4. The molecule has 0 aromatic rings. The fourth-order valence-corrected chi connectivity index (χ4v) is 1.60. The van der Waals surface area contributed by atoms with Gasteiger partial charge in [-0.15, -0.1) is 0 Å². The van der Waals surface area contributed by atoms with Gasteiger partial charge in [-0.05, 0) is 25.9 Å². The van der Waals surface area contributed by atoms with E-state index in [1.807, 2.05) is 6.34 Å². The van der Waals surface area contributed by atoms with Crippen LogP contribution in [-0.4, -0.2) is 37.1 Å². The van der Waals surface area contributed by atoms with Gasteiger partial charge in [-0.3, -0.25) is 10.0 Å². The van der Waals surface area contributed by atoms with Crippen molar-refractivity contribution in [1.82, 2.24) is 15.8 Å². The van der Waals surface area contributed by atoms with Crippen LogP contribution >= 0.6 is 0 Å². The Morgan fingerprint density at radius 3 is 2.82 bits per heavy atom. The third-order valence-electron chi connectivity index (χ3n) is 2.25. The van der Waals surface area contributed by atoms with Gasteiger partial charge in [0.25, 0.3) is 0 Å². The fraction of sp³-hybridized carbons (Fsp3) is 0.857. The van der Waals surface area contributed by atoms with Crippen molar-refractivity contribution in [1.29, 1.82) is 0 Å². The second-order valence-corrected chi connectivity index (χ2v) is 3.00. The highest BCUT2D eigenvalue weighted by Gasteiger charge is 2.19. The highest BCUT2D eigenvalue weighted by Crippen LogP contribution is 2.09. The van der Waals surface area contributed by atoms with Crippen molar-refractivity contribution in [2.45, 2.75) is 18.9 Å². The lowest BCUT2D eigenvalue weighted by molar-refractivity contribution is 0.214.